The van der Waals surface area contributed by atoms with Crippen molar-refractivity contribution in [2.45, 2.75) is 10.9 Å². The molecule has 7 nitrogen and oxygen atoms in total. The molecule has 4 rings (SSSR count). The molecule has 2 heterocycles. The number of hydrogen-bond donors (Lipinski definition) is 1. The van der Waals surface area contributed by atoms with Crippen LogP contribution in [0.5, 0.6) is 5.75 Å². The van der Waals surface area contributed by atoms with Crippen LogP contribution in [0.3, 0.4) is 0 Å². The quantitative estimate of drug-likeness (QED) is 0.390. The third-order valence-electron chi connectivity index (χ3n) is 3.68. The SMILES string of the molecule is O=c1cc(CSc2nnnn2-c2ccc(O)cc2)c2ccc(Br)cc2o1. The van der Waals surface area contributed by atoms with E-state index in [1.165, 1.54) is 17.8 Å². The highest BCUT2D eigenvalue weighted by Gasteiger charge is 2.12. The maximum absolute atomic E-state index is 11.8. The number of nitrogens with zero attached hydrogens (tertiary/aromatic N) is 4. The van der Waals surface area contributed by atoms with Gasteiger partial charge in [0, 0.05) is 21.7 Å². The van der Waals surface area contributed by atoms with Crippen molar-refractivity contribution < 1.29 is 9.52 Å². The number of benzene rings is 2. The van der Waals surface area contributed by atoms with Gasteiger partial charge in [-0.25, -0.2) is 4.79 Å². The number of thioether (sulfide) groups is 1. The van der Waals surface area contributed by atoms with Gasteiger partial charge >= 0.3 is 5.63 Å². The zero-order chi connectivity index (χ0) is 18.1. The molecule has 1 N–H and O–H groups in total. The van der Waals surface area contributed by atoms with Crippen molar-refractivity contribution in [1.29, 1.82) is 0 Å². The first-order valence-corrected chi connectivity index (χ1v) is 9.31. The first kappa shape index (κ1) is 16.8. The molecule has 0 bridgehead atoms. The van der Waals surface area contributed by atoms with E-state index in [1.807, 2.05) is 12.1 Å². The van der Waals surface area contributed by atoms with E-state index in [9.17, 15) is 9.90 Å². The van der Waals surface area contributed by atoms with Crippen LogP contribution in [-0.2, 0) is 5.75 Å². The molecule has 2 aromatic carbocycles. The zero-order valence-electron chi connectivity index (χ0n) is 13.2. The summed E-state index contributed by atoms with van der Waals surface area (Å²) in [5, 5.41) is 22.6. The summed E-state index contributed by atoms with van der Waals surface area (Å²) in [5.41, 5.74) is 1.70. The number of rotatable bonds is 4. The largest absolute Gasteiger partial charge is 0.508 e. The van der Waals surface area contributed by atoms with Gasteiger partial charge < -0.3 is 9.52 Å². The molecule has 0 aliphatic heterocycles. The van der Waals surface area contributed by atoms with Crippen LogP contribution in [0.25, 0.3) is 16.7 Å². The summed E-state index contributed by atoms with van der Waals surface area (Å²) in [6.07, 6.45) is 0. The maximum atomic E-state index is 11.8. The topological polar surface area (TPSA) is 94.0 Å². The van der Waals surface area contributed by atoms with Crippen molar-refractivity contribution >= 4 is 38.7 Å². The summed E-state index contributed by atoms with van der Waals surface area (Å²) >= 11 is 4.78. The number of fused-ring (bicyclic) bond motifs is 1. The highest BCUT2D eigenvalue weighted by Crippen LogP contribution is 2.28. The van der Waals surface area contributed by atoms with Crippen molar-refractivity contribution in [2.24, 2.45) is 0 Å². The average Bonchev–Trinajstić information content (AvgIpc) is 3.08. The second-order valence-corrected chi connectivity index (χ2v) is 7.27. The van der Waals surface area contributed by atoms with E-state index in [2.05, 4.69) is 31.5 Å². The number of aromatic hydroxyl groups is 1. The Morgan fingerprint density at radius 1 is 1.15 bits per heavy atom. The molecule has 26 heavy (non-hydrogen) atoms. The Kier molecular flexibility index (Phi) is 4.48. The Morgan fingerprint density at radius 3 is 2.77 bits per heavy atom. The van der Waals surface area contributed by atoms with Gasteiger partial charge in [-0.1, -0.05) is 27.7 Å². The van der Waals surface area contributed by atoms with Crippen molar-refractivity contribution in [1.82, 2.24) is 20.2 Å². The van der Waals surface area contributed by atoms with E-state index >= 15 is 0 Å². The smallest absolute Gasteiger partial charge is 0.336 e. The van der Waals surface area contributed by atoms with E-state index in [0.29, 0.717) is 16.5 Å². The number of phenolic OH excluding ortho intramolecular Hbond substituents is 1. The molecule has 0 saturated carbocycles. The van der Waals surface area contributed by atoms with Crippen LogP contribution in [0.15, 0.2) is 67.4 Å². The second-order valence-electron chi connectivity index (χ2n) is 5.41. The summed E-state index contributed by atoms with van der Waals surface area (Å²) in [6.45, 7) is 0. The Morgan fingerprint density at radius 2 is 1.96 bits per heavy atom. The Bertz CT molecular complexity index is 1140. The van der Waals surface area contributed by atoms with Crippen molar-refractivity contribution in [3.05, 3.63) is 69.0 Å². The van der Waals surface area contributed by atoms with Crippen LogP contribution in [0.4, 0.5) is 0 Å². The molecule has 0 atom stereocenters. The highest BCUT2D eigenvalue weighted by atomic mass is 79.9. The summed E-state index contributed by atoms with van der Waals surface area (Å²) in [5.74, 6) is 0.673. The van der Waals surface area contributed by atoms with Gasteiger partial charge in [-0.15, -0.1) is 5.10 Å². The number of aromatic nitrogens is 4. The summed E-state index contributed by atoms with van der Waals surface area (Å²) < 4.78 is 7.68. The van der Waals surface area contributed by atoms with Crippen LogP contribution in [0.2, 0.25) is 0 Å². The lowest BCUT2D eigenvalue weighted by Gasteiger charge is -2.06. The maximum Gasteiger partial charge on any atom is 0.336 e. The number of hydrogen-bond acceptors (Lipinski definition) is 7. The van der Waals surface area contributed by atoms with Crippen molar-refractivity contribution in [3.63, 3.8) is 0 Å². The summed E-state index contributed by atoms with van der Waals surface area (Å²) in [7, 11) is 0. The Labute approximate surface area is 159 Å². The molecule has 2 aromatic heterocycles. The van der Waals surface area contributed by atoms with Gasteiger partial charge in [-0.2, -0.15) is 4.68 Å². The lowest BCUT2D eigenvalue weighted by Crippen LogP contribution is -2.01. The number of phenols is 1. The van der Waals surface area contributed by atoms with Gasteiger partial charge in [0.15, 0.2) is 0 Å². The lowest BCUT2D eigenvalue weighted by molar-refractivity contribution is 0.475. The number of halogens is 1. The molecular formula is C17H11BrN4O3S. The van der Waals surface area contributed by atoms with Crippen LogP contribution in [0, 0.1) is 0 Å². The first-order chi connectivity index (χ1) is 12.6. The molecule has 0 unspecified atom stereocenters. The van der Waals surface area contributed by atoms with Gasteiger partial charge in [-0.05, 0) is 58.5 Å². The minimum atomic E-state index is -0.399. The first-order valence-electron chi connectivity index (χ1n) is 7.53. The van der Waals surface area contributed by atoms with Crippen LogP contribution >= 0.6 is 27.7 Å². The van der Waals surface area contributed by atoms with Gasteiger partial charge in [0.05, 0.1) is 5.69 Å². The predicted octanol–water partition coefficient (Wildman–Crippen LogP) is 3.53. The van der Waals surface area contributed by atoms with Crippen LogP contribution in [-0.4, -0.2) is 25.3 Å². The standard InChI is InChI=1S/C17H11BrN4O3S/c18-11-1-6-14-10(7-16(24)25-15(14)8-11)9-26-17-19-20-21-22(17)12-2-4-13(23)5-3-12/h1-8,23H,9H2. The van der Waals surface area contributed by atoms with Crippen molar-refractivity contribution in [2.75, 3.05) is 0 Å². The second kappa shape index (κ2) is 6.93. The predicted molar refractivity (Wildman–Crippen MR) is 101 cm³/mol. The van der Waals surface area contributed by atoms with Crippen LogP contribution < -0.4 is 5.63 Å². The third-order valence-corrected chi connectivity index (χ3v) is 5.15. The van der Waals surface area contributed by atoms with E-state index in [0.717, 1.165) is 21.1 Å². The fourth-order valence-electron chi connectivity index (χ4n) is 2.49. The van der Waals surface area contributed by atoms with Gasteiger partial charge in [0.2, 0.25) is 5.16 Å². The third kappa shape index (κ3) is 3.35. The van der Waals surface area contributed by atoms with E-state index in [1.54, 1.807) is 35.0 Å². The van der Waals surface area contributed by atoms with Crippen LogP contribution in [0.1, 0.15) is 5.56 Å². The molecule has 0 aliphatic carbocycles. The Balaban J connectivity index is 1.65. The van der Waals surface area contributed by atoms with Gasteiger partial charge in [0.25, 0.3) is 0 Å². The summed E-state index contributed by atoms with van der Waals surface area (Å²) in [4.78, 5) is 11.8. The molecular weight excluding hydrogens is 420 g/mol. The monoisotopic (exact) mass is 430 g/mol. The molecule has 0 radical (unpaired) electrons. The molecule has 4 aromatic rings. The average molecular weight is 431 g/mol. The summed E-state index contributed by atoms with van der Waals surface area (Å²) in [6, 6.07) is 13.6. The lowest BCUT2D eigenvalue weighted by atomic mass is 10.1. The molecule has 0 saturated heterocycles. The zero-order valence-corrected chi connectivity index (χ0v) is 15.6. The molecule has 0 aliphatic rings. The minimum absolute atomic E-state index is 0.171. The molecule has 0 spiro atoms. The van der Waals surface area contributed by atoms with E-state index in [-0.39, 0.29) is 5.75 Å². The fourth-order valence-corrected chi connectivity index (χ4v) is 3.71. The molecule has 0 amide bonds. The molecule has 0 fully saturated rings. The minimum Gasteiger partial charge on any atom is -0.508 e. The highest BCUT2D eigenvalue weighted by molar-refractivity contribution is 9.10. The van der Waals surface area contributed by atoms with E-state index in [4.69, 9.17) is 4.42 Å². The van der Waals surface area contributed by atoms with E-state index < -0.39 is 5.63 Å². The van der Waals surface area contributed by atoms with Gasteiger partial charge in [-0.3, -0.25) is 0 Å². The molecule has 130 valence electrons. The Hall–Kier alpha value is -2.65. The van der Waals surface area contributed by atoms with Gasteiger partial charge in [0.1, 0.15) is 11.3 Å². The normalized spacial score (nSPS) is 11.1. The van der Waals surface area contributed by atoms with Crippen molar-refractivity contribution in [3.8, 4) is 11.4 Å². The molecule has 9 heteroatoms. The number of tetrazole rings is 1. The fraction of sp³-hybridized carbons (Fsp3) is 0.0588.